The van der Waals surface area contributed by atoms with E-state index < -0.39 is 0 Å². The highest BCUT2D eigenvalue weighted by Gasteiger charge is 2.14. The summed E-state index contributed by atoms with van der Waals surface area (Å²) in [5.74, 6) is 1.53. The third-order valence-corrected chi connectivity index (χ3v) is 3.76. The number of aromatic nitrogens is 4. The Balaban J connectivity index is 2.54. The van der Waals surface area contributed by atoms with Crippen LogP contribution in [0.25, 0.3) is 11.5 Å². The molecule has 2 aromatic heterocycles. The number of halogens is 1. The second-order valence-corrected chi connectivity index (χ2v) is 5.01. The number of anilines is 1. The van der Waals surface area contributed by atoms with Crippen LogP contribution >= 0.6 is 15.9 Å². The van der Waals surface area contributed by atoms with Crippen LogP contribution in [0.1, 0.15) is 26.0 Å². The van der Waals surface area contributed by atoms with E-state index in [9.17, 15) is 0 Å². The lowest BCUT2D eigenvalue weighted by molar-refractivity contribution is 0.761. The lowest BCUT2D eigenvalue weighted by Crippen LogP contribution is -2.05. The lowest BCUT2D eigenvalue weighted by atomic mass is 10.2. The van der Waals surface area contributed by atoms with Crippen molar-refractivity contribution in [3.05, 3.63) is 22.7 Å². The van der Waals surface area contributed by atoms with Gasteiger partial charge >= 0.3 is 0 Å². The van der Waals surface area contributed by atoms with Crippen LogP contribution in [0.15, 0.2) is 17.0 Å². The number of imidazole rings is 1. The number of aryl methyl sites for hydroxylation is 2. The molecule has 0 radical (unpaired) electrons. The number of nitrogens with one attached hydrogen (secondary N) is 1. The predicted molar refractivity (Wildman–Crippen MR) is 80.2 cm³/mol. The van der Waals surface area contributed by atoms with E-state index >= 15 is 0 Å². The molecule has 6 heteroatoms. The fraction of sp³-hybridized carbons (Fsp3) is 0.462. The second kappa shape index (κ2) is 6.14. The van der Waals surface area contributed by atoms with Gasteiger partial charge in [0, 0.05) is 13.6 Å². The Labute approximate surface area is 121 Å². The van der Waals surface area contributed by atoms with Crippen molar-refractivity contribution < 1.29 is 0 Å². The Morgan fingerprint density at radius 3 is 2.74 bits per heavy atom. The van der Waals surface area contributed by atoms with E-state index in [0.717, 1.165) is 46.9 Å². The van der Waals surface area contributed by atoms with Crippen molar-refractivity contribution in [1.29, 1.82) is 0 Å². The average Bonchev–Trinajstić information content (AvgIpc) is 2.89. The Bertz CT molecular complexity index is 564. The van der Waals surface area contributed by atoms with E-state index in [0.29, 0.717) is 0 Å². The van der Waals surface area contributed by atoms with Gasteiger partial charge in [0.1, 0.15) is 11.5 Å². The van der Waals surface area contributed by atoms with Crippen LogP contribution in [-0.2, 0) is 13.0 Å². The number of hydrogen-bond donors (Lipinski definition) is 1. The molecule has 0 aliphatic heterocycles. The van der Waals surface area contributed by atoms with Gasteiger partial charge in [-0.1, -0.05) is 13.3 Å². The first-order chi connectivity index (χ1) is 9.21. The van der Waals surface area contributed by atoms with E-state index in [1.54, 1.807) is 6.33 Å². The van der Waals surface area contributed by atoms with Crippen molar-refractivity contribution >= 4 is 21.7 Å². The topological polar surface area (TPSA) is 55.6 Å². The van der Waals surface area contributed by atoms with E-state index in [2.05, 4.69) is 50.0 Å². The van der Waals surface area contributed by atoms with Gasteiger partial charge in [-0.3, -0.25) is 0 Å². The molecule has 0 spiro atoms. The molecule has 0 unspecified atom stereocenters. The van der Waals surface area contributed by atoms with Crippen LogP contribution < -0.4 is 5.32 Å². The van der Waals surface area contributed by atoms with Gasteiger partial charge in [0.25, 0.3) is 0 Å². The summed E-state index contributed by atoms with van der Waals surface area (Å²) in [6.07, 6.45) is 5.58. The van der Waals surface area contributed by atoms with Crippen molar-refractivity contribution in [2.45, 2.75) is 33.2 Å². The lowest BCUT2D eigenvalue weighted by Gasteiger charge is -2.11. The molecule has 2 aromatic rings. The molecule has 0 saturated carbocycles. The van der Waals surface area contributed by atoms with Crippen molar-refractivity contribution in [1.82, 2.24) is 19.5 Å². The average molecular weight is 324 g/mol. The number of nitrogens with zero attached hydrogens (tertiary/aromatic N) is 4. The Morgan fingerprint density at radius 2 is 2.11 bits per heavy atom. The maximum absolute atomic E-state index is 4.66. The van der Waals surface area contributed by atoms with Gasteiger partial charge in [0.15, 0.2) is 5.82 Å². The molecule has 0 saturated heterocycles. The van der Waals surface area contributed by atoms with Gasteiger partial charge in [-0.05, 0) is 29.3 Å². The third-order valence-electron chi connectivity index (χ3n) is 2.93. The minimum Gasteiger partial charge on any atom is -0.372 e. The Morgan fingerprint density at radius 1 is 1.32 bits per heavy atom. The highest BCUT2D eigenvalue weighted by Crippen LogP contribution is 2.27. The van der Waals surface area contributed by atoms with Gasteiger partial charge in [-0.25, -0.2) is 15.0 Å². The van der Waals surface area contributed by atoms with Gasteiger partial charge in [0.05, 0.1) is 22.7 Å². The maximum Gasteiger partial charge on any atom is 0.180 e. The SMILES string of the molecule is CCCc1nc(-c2cncn2CC)nc(NC)c1Br. The predicted octanol–water partition coefficient (Wildman–Crippen LogP) is 3.12. The molecule has 19 heavy (non-hydrogen) atoms. The second-order valence-electron chi connectivity index (χ2n) is 4.22. The normalized spacial score (nSPS) is 10.7. The van der Waals surface area contributed by atoms with Gasteiger partial charge < -0.3 is 9.88 Å². The van der Waals surface area contributed by atoms with Gasteiger partial charge in [0.2, 0.25) is 0 Å². The first-order valence-corrected chi connectivity index (χ1v) is 7.25. The summed E-state index contributed by atoms with van der Waals surface area (Å²) < 4.78 is 2.99. The zero-order valence-corrected chi connectivity index (χ0v) is 13.0. The minimum atomic E-state index is 0.718. The molecule has 1 N–H and O–H groups in total. The van der Waals surface area contributed by atoms with Gasteiger partial charge in [-0.15, -0.1) is 0 Å². The van der Waals surface area contributed by atoms with Crippen LogP contribution in [-0.4, -0.2) is 26.6 Å². The third kappa shape index (κ3) is 2.78. The summed E-state index contributed by atoms with van der Waals surface area (Å²) in [4.78, 5) is 13.4. The Kier molecular flexibility index (Phi) is 4.52. The standard InChI is InChI=1S/C13H18BrN5/c1-4-6-9-11(14)13(15-3)18-12(17-9)10-7-16-8-19(10)5-2/h7-8H,4-6H2,1-3H3,(H,15,17,18). The summed E-state index contributed by atoms with van der Waals surface area (Å²) in [5.41, 5.74) is 1.98. The van der Waals surface area contributed by atoms with Crippen LogP contribution in [0.5, 0.6) is 0 Å². The highest BCUT2D eigenvalue weighted by molar-refractivity contribution is 9.10. The van der Waals surface area contributed by atoms with Crippen molar-refractivity contribution in [3.63, 3.8) is 0 Å². The van der Waals surface area contributed by atoms with E-state index in [4.69, 9.17) is 0 Å². The summed E-state index contributed by atoms with van der Waals surface area (Å²) in [6.45, 7) is 5.08. The van der Waals surface area contributed by atoms with E-state index in [-0.39, 0.29) is 0 Å². The monoisotopic (exact) mass is 323 g/mol. The maximum atomic E-state index is 4.66. The van der Waals surface area contributed by atoms with Crippen molar-refractivity contribution in [3.8, 4) is 11.5 Å². The summed E-state index contributed by atoms with van der Waals surface area (Å²) >= 11 is 3.57. The van der Waals surface area contributed by atoms with E-state index in [1.807, 2.05) is 17.8 Å². The zero-order chi connectivity index (χ0) is 13.8. The summed E-state index contributed by atoms with van der Waals surface area (Å²) in [7, 11) is 1.86. The molecular formula is C13H18BrN5. The largest absolute Gasteiger partial charge is 0.372 e. The molecular weight excluding hydrogens is 306 g/mol. The molecule has 0 bridgehead atoms. The minimum absolute atomic E-state index is 0.718. The first-order valence-electron chi connectivity index (χ1n) is 6.45. The molecule has 102 valence electrons. The summed E-state index contributed by atoms with van der Waals surface area (Å²) in [5, 5.41) is 3.11. The molecule has 0 fully saturated rings. The smallest absolute Gasteiger partial charge is 0.180 e. The first kappa shape index (κ1) is 14.0. The molecule has 0 aliphatic carbocycles. The molecule has 2 heterocycles. The quantitative estimate of drug-likeness (QED) is 0.918. The number of rotatable bonds is 5. The highest BCUT2D eigenvalue weighted by atomic mass is 79.9. The van der Waals surface area contributed by atoms with Crippen molar-refractivity contribution in [2.24, 2.45) is 0 Å². The molecule has 0 atom stereocenters. The van der Waals surface area contributed by atoms with Gasteiger partial charge in [-0.2, -0.15) is 0 Å². The van der Waals surface area contributed by atoms with Crippen LogP contribution in [0.3, 0.4) is 0 Å². The fourth-order valence-corrected chi connectivity index (χ4v) is 2.51. The fourth-order valence-electron chi connectivity index (χ4n) is 1.94. The molecule has 0 aliphatic rings. The molecule has 5 nitrogen and oxygen atoms in total. The molecule has 2 rings (SSSR count). The van der Waals surface area contributed by atoms with Crippen molar-refractivity contribution in [2.75, 3.05) is 12.4 Å². The van der Waals surface area contributed by atoms with E-state index in [1.165, 1.54) is 0 Å². The van der Waals surface area contributed by atoms with Crippen LogP contribution in [0.2, 0.25) is 0 Å². The Hall–Kier alpha value is -1.43. The number of hydrogen-bond acceptors (Lipinski definition) is 4. The molecule has 0 aromatic carbocycles. The van der Waals surface area contributed by atoms with Crippen LogP contribution in [0, 0.1) is 0 Å². The zero-order valence-electron chi connectivity index (χ0n) is 11.4. The molecule has 0 amide bonds. The summed E-state index contributed by atoms with van der Waals surface area (Å²) in [6, 6.07) is 0. The van der Waals surface area contributed by atoms with Crippen LogP contribution in [0.4, 0.5) is 5.82 Å².